The molecule has 1 rings (SSSR count). The van der Waals surface area contributed by atoms with E-state index in [2.05, 4.69) is 4.99 Å². The van der Waals surface area contributed by atoms with E-state index in [0.29, 0.717) is 25.7 Å². The van der Waals surface area contributed by atoms with Crippen molar-refractivity contribution >= 4 is 29.9 Å². The second kappa shape index (κ2) is 9.29. The van der Waals surface area contributed by atoms with Crippen molar-refractivity contribution in [3.8, 4) is 0 Å². The van der Waals surface area contributed by atoms with Crippen LogP contribution in [0.5, 0.6) is 0 Å². The molecule has 5 nitrogen and oxygen atoms in total. The lowest BCUT2D eigenvalue weighted by atomic mass is 10.4. The van der Waals surface area contributed by atoms with Crippen molar-refractivity contribution in [3.63, 3.8) is 0 Å². The molecular weight excluding hydrogens is 333 g/mol. The summed E-state index contributed by atoms with van der Waals surface area (Å²) in [6, 6.07) is 3.74. The van der Waals surface area contributed by atoms with E-state index in [-0.39, 0.29) is 24.0 Å². The lowest BCUT2D eigenvalue weighted by Gasteiger charge is -2.10. The van der Waals surface area contributed by atoms with Gasteiger partial charge in [0.1, 0.15) is 12.4 Å². The zero-order valence-corrected chi connectivity index (χ0v) is 12.6. The summed E-state index contributed by atoms with van der Waals surface area (Å²) in [6.07, 6.45) is 2.50. The highest BCUT2D eigenvalue weighted by Gasteiger charge is 1.96. The van der Waals surface area contributed by atoms with Gasteiger partial charge in [0.25, 0.3) is 0 Å². The van der Waals surface area contributed by atoms with Crippen LogP contribution in [0.25, 0.3) is 0 Å². The molecule has 0 aromatic carbocycles. The van der Waals surface area contributed by atoms with E-state index < -0.39 is 0 Å². The minimum Gasteiger partial charge on any atom is -0.467 e. The fraction of sp³-hybridized carbons (Fsp3) is 0.545. The maximum Gasteiger partial charge on any atom is 0.190 e. The Morgan fingerprint density at radius 3 is 2.88 bits per heavy atom. The average Bonchev–Trinajstić information content (AvgIpc) is 2.75. The Morgan fingerprint density at radius 1 is 1.53 bits per heavy atom. The third-order valence-electron chi connectivity index (χ3n) is 2.00. The summed E-state index contributed by atoms with van der Waals surface area (Å²) < 4.78 is 10.5. The molecule has 1 aromatic heterocycles. The smallest absolute Gasteiger partial charge is 0.190 e. The summed E-state index contributed by atoms with van der Waals surface area (Å²) in [5.41, 5.74) is 5.63. The standard InChI is InChI=1S/C11H19N3O2.HI/c1-14(2)11(12)13-6-4-7-15-9-10-5-3-8-16-10;/h3,5,8H,4,6-7,9H2,1-2H3,(H2,12,13);1H. The predicted molar refractivity (Wildman–Crippen MR) is 78.6 cm³/mol. The van der Waals surface area contributed by atoms with Crippen molar-refractivity contribution in [2.45, 2.75) is 13.0 Å². The van der Waals surface area contributed by atoms with Crippen LogP contribution >= 0.6 is 24.0 Å². The SMILES string of the molecule is CN(C)C(N)=NCCCOCc1ccco1.I. The average molecular weight is 353 g/mol. The van der Waals surface area contributed by atoms with Gasteiger partial charge in [-0.05, 0) is 18.6 Å². The lowest BCUT2D eigenvalue weighted by molar-refractivity contribution is 0.105. The molecule has 0 aliphatic carbocycles. The Hall–Kier alpha value is -0.760. The van der Waals surface area contributed by atoms with E-state index in [0.717, 1.165) is 12.2 Å². The van der Waals surface area contributed by atoms with Gasteiger partial charge in [-0.15, -0.1) is 24.0 Å². The van der Waals surface area contributed by atoms with Gasteiger partial charge in [0.15, 0.2) is 5.96 Å². The highest BCUT2D eigenvalue weighted by molar-refractivity contribution is 14.0. The van der Waals surface area contributed by atoms with Crippen LogP contribution in [-0.2, 0) is 11.3 Å². The van der Waals surface area contributed by atoms with Crippen molar-refractivity contribution < 1.29 is 9.15 Å². The van der Waals surface area contributed by atoms with Crippen molar-refractivity contribution in [1.82, 2.24) is 4.90 Å². The van der Waals surface area contributed by atoms with Gasteiger partial charge >= 0.3 is 0 Å². The Kier molecular flexibility index (Phi) is 8.87. The second-order valence-corrected chi connectivity index (χ2v) is 3.62. The molecule has 1 aromatic rings. The first-order chi connectivity index (χ1) is 7.70. The summed E-state index contributed by atoms with van der Waals surface area (Å²) in [7, 11) is 3.73. The van der Waals surface area contributed by atoms with Crippen LogP contribution in [0.4, 0.5) is 0 Å². The molecule has 0 saturated carbocycles. The van der Waals surface area contributed by atoms with E-state index in [9.17, 15) is 0 Å². The molecule has 17 heavy (non-hydrogen) atoms. The minimum absolute atomic E-state index is 0. The quantitative estimate of drug-likeness (QED) is 0.366. The molecule has 0 spiro atoms. The summed E-state index contributed by atoms with van der Waals surface area (Å²) >= 11 is 0. The number of halogens is 1. The number of guanidine groups is 1. The second-order valence-electron chi connectivity index (χ2n) is 3.62. The van der Waals surface area contributed by atoms with Crippen molar-refractivity contribution in [2.24, 2.45) is 10.7 Å². The number of nitrogens with zero attached hydrogens (tertiary/aromatic N) is 2. The molecule has 0 radical (unpaired) electrons. The van der Waals surface area contributed by atoms with Crippen molar-refractivity contribution in [2.75, 3.05) is 27.2 Å². The molecule has 0 aliphatic heterocycles. The Balaban J connectivity index is 0.00000256. The number of nitrogens with two attached hydrogens (primary N) is 1. The zero-order valence-electron chi connectivity index (χ0n) is 10.3. The van der Waals surface area contributed by atoms with Crippen LogP contribution in [0.2, 0.25) is 0 Å². The first-order valence-electron chi connectivity index (χ1n) is 5.27. The number of hydrogen-bond donors (Lipinski definition) is 1. The van der Waals surface area contributed by atoms with Gasteiger partial charge < -0.3 is 19.8 Å². The molecule has 0 amide bonds. The van der Waals surface area contributed by atoms with Crippen LogP contribution in [0.15, 0.2) is 27.8 Å². The monoisotopic (exact) mass is 353 g/mol. The molecule has 0 atom stereocenters. The Labute approximate surface area is 119 Å². The summed E-state index contributed by atoms with van der Waals surface area (Å²) in [5.74, 6) is 1.39. The van der Waals surface area contributed by atoms with E-state index in [1.807, 2.05) is 26.2 Å². The fourth-order valence-electron chi connectivity index (χ4n) is 1.07. The van der Waals surface area contributed by atoms with E-state index >= 15 is 0 Å². The Bertz CT molecular complexity index is 313. The number of aliphatic imine (C=N–C) groups is 1. The molecule has 2 N–H and O–H groups in total. The number of hydrogen-bond acceptors (Lipinski definition) is 3. The summed E-state index contributed by atoms with van der Waals surface area (Å²) in [6.45, 7) is 1.85. The van der Waals surface area contributed by atoms with Crippen LogP contribution in [-0.4, -0.2) is 38.1 Å². The molecular formula is C11H20IN3O2. The molecule has 0 aliphatic rings. The maximum atomic E-state index is 5.63. The van der Waals surface area contributed by atoms with E-state index in [4.69, 9.17) is 14.9 Å². The first-order valence-corrected chi connectivity index (χ1v) is 5.27. The summed E-state index contributed by atoms with van der Waals surface area (Å²) in [5, 5.41) is 0. The van der Waals surface area contributed by atoms with E-state index in [1.54, 1.807) is 11.2 Å². The van der Waals surface area contributed by atoms with Gasteiger partial charge in [-0.3, -0.25) is 4.99 Å². The predicted octanol–water partition coefficient (Wildman–Crippen LogP) is 1.68. The lowest BCUT2D eigenvalue weighted by Crippen LogP contribution is -2.30. The van der Waals surface area contributed by atoms with Gasteiger partial charge in [-0.1, -0.05) is 0 Å². The van der Waals surface area contributed by atoms with Crippen molar-refractivity contribution in [1.29, 1.82) is 0 Å². The first kappa shape index (κ1) is 16.2. The van der Waals surface area contributed by atoms with Gasteiger partial charge in [0.2, 0.25) is 0 Å². The molecule has 0 fully saturated rings. The largest absolute Gasteiger partial charge is 0.467 e. The summed E-state index contributed by atoms with van der Waals surface area (Å²) in [4.78, 5) is 5.96. The zero-order chi connectivity index (χ0) is 11.8. The van der Waals surface area contributed by atoms with Gasteiger partial charge in [-0.2, -0.15) is 0 Å². The Morgan fingerprint density at radius 2 is 2.29 bits per heavy atom. The molecule has 0 bridgehead atoms. The highest BCUT2D eigenvalue weighted by Crippen LogP contribution is 2.01. The van der Waals surface area contributed by atoms with Crippen LogP contribution in [0.1, 0.15) is 12.2 Å². The van der Waals surface area contributed by atoms with Crippen LogP contribution in [0.3, 0.4) is 0 Å². The van der Waals surface area contributed by atoms with Gasteiger partial charge in [-0.25, -0.2) is 0 Å². The minimum atomic E-state index is 0. The molecule has 1 heterocycles. The van der Waals surface area contributed by atoms with Crippen LogP contribution < -0.4 is 5.73 Å². The van der Waals surface area contributed by atoms with Crippen LogP contribution in [0, 0.1) is 0 Å². The third-order valence-corrected chi connectivity index (χ3v) is 2.00. The van der Waals surface area contributed by atoms with Gasteiger partial charge in [0.05, 0.1) is 6.26 Å². The maximum absolute atomic E-state index is 5.63. The molecule has 0 unspecified atom stereocenters. The number of ether oxygens (including phenoxy) is 1. The highest BCUT2D eigenvalue weighted by atomic mass is 127. The fourth-order valence-corrected chi connectivity index (χ4v) is 1.07. The molecule has 6 heteroatoms. The van der Waals surface area contributed by atoms with Gasteiger partial charge in [0, 0.05) is 27.2 Å². The van der Waals surface area contributed by atoms with Crippen molar-refractivity contribution in [3.05, 3.63) is 24.2 Å². The number of rotatable bonds is 6. The topological polar surface area (TPSA) is 64.0 Å². The number of furan rings is 1. The normalized spacial score (nSPS) is 11.1. The molecule has 0 saturated heterocycles. The molecule has 98 valence electrons. The third kappa shape index (κ3) is 7.22. The van der Waals surface area contributed by atoms with E-state index in [1.165, 1.54) is 0 Å².